The maximum atomic E-state index is 12.9. The second-order valence-electron chi connectivity index (χ2n) is 6.01. The van der Waals surface area contributed by atoms with Crippen molar-refractivity contribution >= 4 is 15.8 Å². The first-order valence-electron chi connectivity index (χ1n) is 8.43. The third-order valence-corrected chi connectivity index (χ3v) is 5.48. The molecular weight excluding hydrogens is 359 g/mol. The number of halogens is 1. The Balaban J connectivity index is 1.55. The molecule has 1 aromatic carbocycles. The number of aromatic nitrogens is 2. The van der Waals surface area contributed by atoms with Crippen molar-refractivity contribution in [2.24, 2.45) is 0 Å². The molecule has 0 saturated carbocycles. The fourth-order valence-corrected chi connectivity index (χ4v) is 3.75. The molecule has 3 rings (SSSR count). The molecule has 140 valence electrons. The zero-order chi connectivity index (χ0) is 18.6. The van der Waals surface area contributed by atoms with Gasteiger partial charge in [-0.3, -0.25) is 0 Å². The Labute approximate surface area is 152 Å². The monoisotopic (exact) mass is 380 g/mol. The van der Waals surface area contributed by atoms with E-state index < -0.39 is 15.8 Å². The Hall–Kier alpha value is -2.26. The molecule has 1 aliphatic heterocycles. The Morgan fingerprint density at radius 2 is 1.88 bits per heavy atom. The van der Waals surface area contributed by atoms with Crippen molar-refractivity contribution in [1.82, 2.24) is 14.7 Å². The Morgan fingerprint density at radius 3 is 2.58 bits per heavy atom. The maximum Gasteiger partial charge on any atom is 0.240 e. The minimum Gasteiger partial charge on any atom is -0.476 e. The molecule has 0 radical (unpaired) electrons. The summed E-state index contributed by atoms with van der Waals surface area (Å²) in [5.74, 6) is 1.37. The van der Waals surface area contributed by atoms with Crippen LogP contribution in [0.25, 0.3) is 0 Å². The van der Waals surface area contributed by atoms with Crippen molar-refractivity contribution < 1.29 is 17.5 Å². The lowest BCUT2D eigenvalue weighted by molar-refractivity contribution is 0.309. The van der Waals surface area contributed by atoms with Crippen LogP contribution in [0.3, 0.4) is 0 Å². The van der Waals surface area contributed by atoms with Gasteiger partial charge in [-0.25, -0.2) is 22.5 Å². The van der Waals surface area contributed by atoms with Crippen molar-refractivity contribution in [3.8, 4) is 5.88 Å². The molecular formula is C17H21FN4O3S. The number of hydrogen-bond donors (Lipinski definition) is 1. The highest BCUT2D eigenvalue weighted by Crippen LogP contribution is 2.21. The van der Waals surface area contributed by atoms with Gasteiger partial charge < -0.3 is 9.64 Å². The number of rotatable bonds is 7. The van der Waals surface area contributed by atoms with E-state index in [1.54, 1.807) is 13.0 Å². The first-order valence-corrected chi connectivity index (χ1v) is 9.91. The fraction of sp³-hybridized carbons (Fsp3) is 0.412. The summed E-state index contributed by atoms with van der Waals surface area (Å²) in [5, 5.41) is 0. The number of nitrogens with zero attached hydrogens (tertiary/aromatic N) is 3. The van der Waals surface area contributed by atoms with Crippen LogP contribution >= 0.6 is 0 Å². The van der Waals surface area contributed by atoms with Crippen LogP contribution in [-0.4, -0.2) is 44.6 Å². The van der Waals surface area contributed by atoms with E-state index in [0.29, 0.717) is 11.7 Å². The van der Waals surface area contributed by atoms with Crippen LogP contribution in [0.15, 0.2) is 35.2 Å². The van der Waals surface area contributed by atoms with Gasteiger partial charge in [0.15, 0.2) is 0 Å². The predicted molar refractivity (Wildman–Crippen MR) is 95.3 cm³/mol. The summed E-state index contributed by atoms with van der Waals surface area (Å²) in [6.45, 7) is 3.92. The molecule has 7 nitrogen and oxygen atoms in total. The maximum absolute atomic E-state index is 12.9. The van der Waals surface area contributed by atoms with Crippen LogP contribution in [0.1, 0.15) is 18.7 Å². The molecule has 1 N–H and O–H groups in total. The number of nitrogens with one attached hydrogen (secondary N) is 1. The van der Waals surface area contributed by atoms with E-state index in [9.17, 15) is 12.8 Å². The van der Waals surface area contributed by atoms with Gasteiger partial charge in [-0.1, -0.05) is 0 Å². The van der Waals surface area contributed by atoms with Crippen molar-refractivity contribution in [2.45, 2.75) is 24.7 Å². The van der Waals surface area contributed by atoms with E-state index in [2.05, 4.69) is 19.6 Å². The van der Waals surface area contributed by atoms with E-state index in [1.807, 2.05) is 0 Å². The molecule has 1 saturated heterocycles. The molecule has 0 bridgehead atoms. The predicted octanol–water partition coefficient (Wildman–Crippen LogP) is 1.88. The molecule has 0 atom stereocenters. The molecule has 1 aromatic heterocycles. The lowest BCUT2D eigenvalue weighted by Gasteiger charge is -2.17. The minimum absolute atomic E-state index is 0.00750. The molecule has 0 aliphatic carbocycles. The Morgan fingerprint density at radius 1 is 1.19 bits per heavy atom. The fourth-order valence-electron chi connectivity index (χ4n) is 2.74. The first-order chi connectivity index (χ1) is 12.4. The molecule has 9 heteroatoms. The molecule has 1 aliphatic rings. The molecule has 26 heavy (non-hydrogen) atoms. The van der Waals surface area contributed by atoms with Crippen LogP contribution in [0.5, 0.6) is 5.88 Å². The van der Waals surface area contributed by atoms with E-state index in [4.69, 9.17) is 4.74 Å². The third kappa shape index (κ3) is 4.67. The van der Waals surface area contributed by atoms with Gasteiger partial charge in [0.25, 0.3) is 0 Å². The molecule has 2 heterocycles. The van der Waals surface area contributed by atoms with E-state index in [1.165, 1.54) is 12.1 Å². The van der Waals surface area contributed by atoms with Gasteiger partial charge in [0.05, 0.1) is 4.90 Å². The Bertz CT molecular complexity index is 853. The zero-order valence-corrected chi connectivity index (χ0v) is 15.3. The SMILES string of the molecule is Cc1nc(OCCNS(=O)(=O)c2ccc(F)cc2)cc(N2CCCC2)n1. The zero-order valence-electron chi connectivity index (χ0n) is 14.5. The second-order valence-corrected chi connectivity index (χ2v) is 7.77. The number of sulfonamides is 1. The molecule has 0 unspecified atom stereocenters. The molecule has 0 amide bonds. The number of aryl methyl sites for hydroxylation is 1. The topological polar surface area (TPSA) is 84.4 Å². The summed E-state index contributed by atoms with van der Waals surface area (Å²) in [6.07, 6.45) is 2.29. The second kappa shape index (κ2) is 7.96. The largest absolute Gasteiger partial charge is 0.476 e. The quantitative estimate of drug-likeness (QED) is 0.739. The highest BCUT2D eigenvalue weighted by Gasteiger charge is 2.16. The summed E-state index contributed by atoms with van der Waals surface area (Å²) in [6, 6.07) is 6.42. The van der Waals surface area contributed by atoms with Crippen molar-refractivity contribution in [3.05, 3.63) is 42.0 Å². The average molecular weight is 380 g/mol. The number of hydrogen-bond acceptors (Lipinski definition) is 6. The van der Waals surface area contributed by atoms with Crippen LogP contribution in [0, 0.1) is 12.7 Å². The lowest BCUT2D eigenvalue weighted by Crippen LogP contribution is -2.28. The van der Waals surface area contributed by atoms with Gasteiger partial charge in [-0.05, 0) is 44.0 Å². The van der Waals surface area contributed by atoms with Gasteiger partial charge in [0, 0.05) is 25.7 Å². The number of benzene rings is 1. The highest BCUT2D eigenvalue weighted by molar-refractivity contribution is 7.89. The average Bonchev–Trinajstić information content (AvgIpc) is 3.13. The minimum atomic E-state index is -3.70. The van der Waals surface area contributed by atoms with E-state index in [0.717, 1.165) is 43.9 Å². The van der Waals surface area contributed by atoms with E-state index in [-0.39, 0.29) is 18.0 Å². The van der Waals surface area contributed by atoms with Crippen LogP contribution in [0.2, 0.25) is 0 Å². The van der Waals surface area contributed by atoms with E-state index >= 15 is 0 Å². The van der Waals surface area contributed by atoms with Gasteiger partial charge in [0.2, 0.25) is 15.9 Å². The van der Waals surface area contributed by atoms with Gasteiger partial charge in [-0.2, -0.15) is 4.98 Å². The van der Waals surface area contributed by atoms with Gasteiger partial charge in [-0.15, -0.1) is 0 Å². The normalized spacial score (nSPS) is 14.6. The highest BCUT2D eigenvalue weighted by atomic mass is 32.2. The number of anilines is 1. The Kier molecular flexibility index (Phi) is 5.67. The summed E-state index contributed by atoms with van der Waals surface area (Å²) in [5.41, 5.74) is 0. The summed E-state index contributed by atoms with van der Waals surface area (Å²) in [7, 11) is -3.70. The smallest absolute Gasteiger partial charge is 0.240 e. The first kappa shape index (κ1) is 18.5. The van der Waals surface area contributed by atoms with Gasteiger partial charge >= 0.3 is 0 Å². The van der Waals surface area contributed by atoms with Crippen LogP contribution < -0.4 is 14.4 Å². The van der Waals surface area contributed by atoms with Crippen LogP contribution in [-0.2, 0) is 10.0 Å². The summed E-state index contributed by atoms with van der Waals surface area (Å²) >= 11 is 0. The van der Waals surface area contributed by atoms with Crippen molar-refractivity contribution in [1.29, 1.82) is 0 Å². The standard InChI is InChI=1S/C17H21FN4O3S/c1-13-20-16(22-9-2-3-10-22)12-17(21-13)25-11-8-19-26(23,24)15-6-4-14(18)5-7-15/h4-7,12,19H,2-3,8-11H2,1H3. The van der Waals surface area contributed by atoms with Gasteiger partial charge in [0.1, 0.15) is 24.1 Å². The summed E-state index contributed by atoms with van der Waals surface area (Å²) in [4.78, 5) is 10.8. The van der Waals surface area contributed by atoms with Crippen LogP contribution in [0.4, 0.5) is 10.2 Å². The molecule has 0 spiro atoms. The third-order valence-electron chi connectivity index (χ3n) is 4.00. The number of ether oxygens (including phenoxy) is 1. The molecule has 1 fully saturated rings. The van der Waals surface area contributed by atoms with Crippen molar-refractivity contribution in [2.75, 3.05) is 31.1 Å². The lowest BCUT2D eigenvalue weighted by atomic mass is 10.4. The molecule has 2 aromatic rings. The van der Waals surface area contributed by atoms with Crippen molar-refractivity contribution in [3.63, 3.8) is 0 Å². The summed E-state index contributed by atoms with van der Waals surface area (Å²) < 4.78 is 45.1.